The van der Waals surface area contributed by atoms with Crippen LogP contribution in [0.5, 0.6) is 0 Å². The lowest BCUT2D eigenvalue weighted by Crippen LogP contribution is -2.46. The molecule has 0 aliphatic carbocycles. The van der Waals surface area contributed by atoms with Crippen molar-refractivity contribution in [2.45, 2.75) is 92.2 Å². The Morgan fingerprint density at radius 1 is 0.603 bits per heavy atom. The molecule has 3 N–H and O–H groups in total. The van der Waals surface area contributed by atoms with Gasteiger partial charge < -0.3 is 42.4 Å². The molecule has 0 saturated carbocycles. The van der Waals surface area contributed by atoms with E-state index in [0.717, 1.165) is 34.4 Å². The highest BCUT2D eigenvalue weighted by molar-refractivity contribution is 6.61. The first kappa shape index (κ1) is 52.0. The largest absolute Gasteiger partial charge is 0.500 e. The number of carbonyl (C=O) groups is 8. The zero-order valence-electron chi connectivity index (χ0n) is 34.6. The van der Waals surface area contributed by atoms with E-state index >= 15 is 0 Å². The van der Waals surface area contributed by atoms with Crippen LogP contribution in [0.1, 0.15) is 80.1 Å². The normalized spacial score (nSPS) is 15.3. The van der Waals surface area contributed by atoms with Crippen LogP contribution in [0.25, 0.3) is 0 Å². The van der Waals surface area contributed by atoms with E-state index in [1.807, 2.05) is 41.5 Å². The molecule has 7 amide bonds. The summed E-state index contributed by atoms with van der Waals surface area (Å²) in [6.07, 6.45) is 6.01. The van der Waals surface area contributed by atoms with E-state index in [2.05, 4.69) is 10.2 Å². The summed E-state index contributed by atoms with van der Waals surface area (Å²) in [6, 6.07) is 1.44. The van der Waals surface area contributed by atoms with Crippen LogP contribution < -0.4 is 11.1 Å². The van der Waals surface area contributed by atoms with Crippen molar-refractivity contribution in [3.05, 3.63) is 24.3 Å². The van der Waals surface area contributed by atoms with Gasteiger partial charge in [0.1, 0.15) is 0 Å². The molecule has 3 aliphatic rings. The van der Waals surface area contributed by atoms with Gasteiger partial charge in [-0.25, -0.2) is 4.79 Å². The molecule has 328 valence electrons. The third-order valence-electron chi connectivity index (χ3n) is 7.96. The average molecular weight is 860 g/mol. The average Bonchev–Trinajstić information content (AvgIpc) is 3.81. The minimum Gasteiger partial charge on any atom is -0.374 e. The summed E-state index contributed by atoms with van der Waals surface area (Å²) in [5.74, 6) is -3.98. The molecule has 0 bridgehead atoms. The lowest BCUT2D eigenvalue weighted by atomic mass is 10.3. The maximum Gasteiger partial charge on any atom is 0.500 e. The number of nitrogens with zero attached hydrogens (tertiary/aromatic N) is 3. The Hall–Kier alpha value is -4.01. The van der Waals surface area contributed by atoms with E-state index in [-0.39, 0.29) is 56.5 Å². The second kappa shape index (κ2) is 28.4. The summed E-state index contributed by atoms with van der Waals surface area (Å²) in [7, 11) is -5.08. The molecular formula is C36H61N5O15Si2. The zero-order chi connectivity index (χ0) is 43.6. The van der Waals surface area contributed by atoms with Crippen molar-refractivity contribution in [2.24, 2.45) is 5.73 Å². The number of amides is 7. The van der Waals surface area contributed by atoms with Gasteiger partial charge in [0.05, 0.1) is 6.42 Å². The molecule has 20 nitrogen and oxygen atoms in total. The van der Waals surface area contributed by atoms with Crippen LogP contribution in [-0.4, -0.2) is 146 Å². The standard InChI is InChI=1S/C16H28N2O6Si.C11H10N2O6.C9H23NO3Si/c1-4-22-25(23-5-2,24-6-3)13-7-11-17-14(19)10-12-18-15(20)8-9-16(18)21;14-7-1-2-8(15)12(7)6-5-11(18)19-13-9(16)3-4-10(13)17;1-4-11-14(12-5-2,13-6-3)9-7-8-10/h8-9H,4-7,10-13H2,1-3H3,(H,17,19);1-2H,3-6H2;4-10H2,1-3H3. The lowest BCUT2D eigenvalue weighted by molar-refractivity contribution is -0.197. The number of imide groups is 3. The van der Waals surface area contributed by atoms with Gasteiger partial charge in [0.2, 0.25) is 5.91 Å². The van der Waals surface area contributed by atoms with Crippen molar-refractivity contribution in [3.8, 4) is 0 Å². The third kappa shape index (κ3) is 18.3. The molecule has 1 saturated heterocycles. The summed E-state index contributed by atoms with van der Waals surface area (Å²) < 4.78 is 34.2. The van der Waals surface area contributed by atoms with Crippen molar-refractivity contribution >= 4 is 64.9 Å². The SMILES string of the molecule is CCO[Si](CCCN)(OCC)OCC.CCO[Si](CCCNC(=O)CCN1C(=O)C=CC1=O)(OCC)OCC.O=C(CCN1C(=O)C=CC1=O)ON1C(=O)CCC1=O. The number of hydrogen-bond acceptors (Lipinski definition) is 16. The van der Waals surface area contributed by atoms with Crippen molar-refractivity contribution in [3.63, 3.8) is 0 Å². The molecule has 0 spiro atoms. The van der Waals surface area contributed by atoms with Gasteiger partial charge in [-0.05, 0) is 60.9 Å². The highest BCUT2D eigenvalue weighted by atomic mass is 28.4. The fraction of sp³-hybridized carbons (Fsp3) is 0.667. The highest BCUT2D eigenvalue weighted by Crippen LogP contribution is 2.19. The molecule has 1 fully saturated rings. The number of hydrogen-bond donors (Lipinski definition) is 2. The third-order valence-corrected chi connectivity index (χ3v) is 14.3. The van der Waals surface area contributed by atoms with E-state index in [9.17, 15) is 38.4 Å². The summed E-state index contributed by atoms with van der Waals surface area (Å²) >= 11 is 0. The maximum absolute atomic E-state index is 11.9. The number of carbonyl (C=O) groups excluding carboxylic acids is 8. The van der Waals surface area contributed by atoms with Gasteiger partial charge in [-0.3, -0.25) is 43.4 Å². The number of hydroxylamine groups is 2. The van der Waals surface area contributed by atoms with Gasteiger partial charge >= 0.3 is 23.6 Å². The highest BCUT2D eigenvalue weighted by Gasteiger charge is 2.40. The smallest absolute Gasteiger partial charge is 0.374 e. The van der Waals surface area contributed by atoms with Crippen molar-refractivity contribution in [1.29, 1.82) is 0 Å². The summed E-state index contributed by atoms with van der Waals surface area (Å²) in [6.45, 7) is 16.1. The fourth-order valence-corrected chi connectivity index (χ4v) is 10.7. The Balaban J connectivity index is 0.000000454. The predicted octanol–water partition coefficient (Wildman–Crippen LogP) is 1.15. The summed E-state index contributed by atoms with van der Waals surface area (Å²) in [4.78, 5) is 97.3. The minimum absolute atomic E-state index is 0.0130. The number of nitrogens with two attached hydrogens (primary N) is 1. The molecule has 0 aromatic carbocycles. The van der Waals surface area contributed by atoms with Gasteiger partial charge in [-0.15, -0.1) is 5.06 Å². The number of nitrogens with one attached hydrogen (secondary N) is 1. The van der Waals surface area contributed by atoms with Crippen LogP contribution in [0.15, 0.2) is 24.3 Å². The van der Waals surface area contributed by atoms with Gasteiger partial charge in [0.15, 0.2) is 0 Å². The van der Waals surface area contributed by atoms with E-state index in [1.54, 1.807) is 0 Å². The molecule has 3 aliphatic heterocycles. The van der Waals surface area contributed by atoms with Crippen molar-refractivity contribution in [2.75, 3.05) is 65.8 Å². The summed E-state index contributed by atoms with van der Waals surface area (Å²) in [5, 5.41) is 3.21. The molecule has 0 unspecified atom stereocenters. The van der Waals surface area contributed by atoms with E-state index < -0.39 is 47.2 Å². The molecule has 0 aromatic heterocycles. The molecule has 3 rings (SSSR count). The van der Waals surface area contributed by atoms with E-state index in [0.29, 0.717) is 70.3 Å². The molecule has 3 heterocycles. The zero-order valence-corrected chi connectivity index (χ0v) is 36.6. The Labute approximate surface area is 342 Å². The molecule has 22 heteroatoms. The minimum atomic E-state index is -2.68. The Morgan fingerprint density at radius 3 is 1.33 bits per heavy atom. The first-order chi connectivity index (χ1) is 27.7. The Kier molecular flexibility index (Phi) is 25.5. The van der Waals surface area contributed by atoms with Crippen LogP contribution in [0, 0.1) is 0 Å². The Morgan fingerprint density at radius 2 is 0.966 bits per heavy atom. The van der Waals surface area contributed by atoms with Gasteiger partial charge in [-0.2, -0.15) is 0 Å². The number of rotatable bonds is 26. The van der Waals surface area contributed by atoms with Crippen LogP contribution >= 0.6 is 0 Å². The molecule has 58 heavy (non-hydrogen) atoms. The van der Waals surface area contributed by atoms with E-state index in [1.165, 1.54) is 12.2 Å². The lowest BCUT2D eigenvalue weighted by Gasteiger charge is -2.28. The monoisotopic (exact) mass is 859 g/mol. The Bertz CT molecular complexity index is 1360. The molecule has 0 atom stereocenters. The first-order valence-electron chi connectivity index (χ1n) is 19.6. The molecule has 0 aromatic rings. The maximum atomic E-state index is 11.9. The van der Waals surface area contributed by atoms with Crippen LogP contribution in [0.4, 0.5) is 0 Å². The second-order valence-electron chi connectivity index (χ2n) is 12.2. The molecular weight excluding hydrogens is 799 g/mol. The van der Waals surface area contributed by atoms with Gasteiger partial charge in [0.25, 0.3) is 35.4 Å². The van der Waals surface area contributed by atoms with Crippen LogP contribution in [-0.2, 0) is 69.7 Å². The van der Waals surface area contributed by atoms with Gasteiger partial charge in [0, 0.05) is 115 Å². The first-order valence-corrected chi connectivity index (χ1v) is 23.5. The van der Waals surface area contributed by atoms with Gasteiger partial charge in [-0.1, -0.05) is 0 Å². The quantitative estimate of drug-likeness (QED) is 0.0703. The predicted molar refractivity (Wildman–Crippen MR) is 210 cm³/mol. The molecule has 0 radical (unpaired) electrons. The van der Waals surface area contributed by atoms with Crippen molar-refractivity contribution in [1.82, 2.24) is 20.2 Å². The van der Waals surface area contributed by atoms with Crippen LogP contribution in [0.3, 0.4) is 0 Å². The topological polar surface area (TPSA) is 249 Å². The van der Waals surface area contributed by atoms with E-state index in [4.69, 9.17) is 32.3 Å². The van der Waals surface area contributed by atoms with Crippen LogP contribution in [0.2, 0.25) is 12.1 Å². The van der Waals surface area contributed by atoms with Crippen molar-refractivity contribution < 1.29 is 69.7 Å². The fourth-order valence-electron chi connectivity index (χ4n) is 5.47. The summed E-state index contributed by atoms with van der Waals surface area (Å²) in [5.41, 5.74) is 5.48. The second-order valence-corrected chi connectivity index (χ2v) is 17.6.